The van der Waals surface area contributed by atoms with E-state index in [9.17, 15) is 14.7 Å². The highest BCUT2D eigenvalue weighted by atomic mass is 79.9. The molecule has 0 atom stereocenters. The number of rotatable bonds is 2. The second-order valence-corrected chi connectivity index (χ2v) is 11.6. The van der Waals surface area contributed by atoms with Crippen LogP contribution in [0.1, 0.15) is 10.4 Å². The zero-order chi connectivity index (χ0) is 25.2. The number of benzene rings is 3. The Hall–Kier alpha value is -0.520. The second kappa shape index (κ2) is 9.74. The van der Waals surface area contributed by atoms with Crippen LogP contribution in [0.25, 0.3) is 33.4 Å². The van der Waals surface area contributed by atoms with Gasteiger partial charge in [0.2, 0.25) is 5.43 Å². The number of phenols is 1. The highest BCUT2D eigenvalue weighted by Gasteiger charge is 2.32. The van der Waals surface area contributed by atoms with Crippen LogP contribution in [0.5, 0.6) is 5.75 Å². The summed E-state index contributed by atoms with van der Waals surface area (Å²) in [7, 11) is 1.18. The van der Waals surface area contributed by atoms with E-state index in [2.05, 4.69) is 63.7 Å². The third kappa shape index (κ3) is 4.00. The lowest BCUT2D eigenvalue weighted by molar-refractivity contribution is 0.0602. The molecule has 0 saturated carbocycles. The fourth-order valence-corrected chi connectivity index (χ4v) is 6.85. The van der Waals surface area contributed by atoms with Gasteiger partial charge in [-0.1, -0.05) is 46.4 Å². The van der Waals surface area contributed by atoms with Gasteiger partial charge in [-0.3, -0.25) is 4.79 Å². The van der Waals surface area contributed by atoms with Crippen LogP contribution in [0.15, 0.2) is 39.2 Å². The summed E-state index contributed by atoms with van der Waals surface area (Å²) < 4.78 is 11.8. The average Bonchev–Trinajstić information content (AvgIpc) is 2.81. The first kappa shape index (κ1) is 26.5. The van der Waals surface area contributed by atoms with E-state index >= 15 is 0 Å². The maximum absolute atomic E-state index is 12.9. The molecule has 0 radical (unpaired) electrons. The van der Waals surface area contributed by atoms with Gasteiger partial charge in [0.05, 0.1) is 41.7 Å². The first-order valence-corrected chi connectivity index (χ1v) is 13.5. The molecule has 176 valence electrons. The molecule has 1 heterocycles. The number of phenolic OH excluding ortho intramolecular Hbond substituents is 1. The Kier molecular flexibility index (Phi) is 7.60. The Morgan fingerprint density at radius 1 is 0.912 bits per heavy atom. The van der Waals surface area contributed by atoms with E-state index in [1.54, 1.807) is 6.07 Å². The molecule has 13 heteroatoms. The highest BCUT2D eigenvalue weighted by molar-refractivity contribution is 9.11. The Labute approximate surface area is 245 Å². The van der Waals surface area contributed by atoms with Crippen LogP contribution in [0, 0.1) is 0 Å². The fourth-order valence-electron chi connectivity index (χ4n) is 3.42. The molecule has 2 aromatic rings. The van der Waals surface area contributed by atoms with Gasteiger partial charge in [0, 0.05) is 22.1 Å². The number of methoxy groups -OCH3 is 1. The topological polar surface area (TPSA) is 76.7 Å². The minimum absolute atomic E-state index is 0.0796. The molecule has 1 aliphatic heterocycles. The van der Waals surface area contributed by atoms with E-state index in [1.807, 2.05) is 0 Å². The molecule has 0 spiro atoms. The number of aromatic hydroxyl groups is 1. The summed E-state index contributed by atoms with van der Waals surface area (Å²) in [6, 6.07) is 3.08. The van der Waals surface area contributed by atoms with Gasteiger partial charge in [0.25, 0.3) is 0 Å². The molecule has 4 rings (SSSR count). The van der Waals surface area contributed by atoms with Crippen molar-refractivity contribution in [3.63, 3.8) is 0 Å². The van der Waals surface area contributed by atoms with Crippen molar-refractivity contribution in [2.75, 3.05) is 7.11 Å². The molecular formula is C21H6Br4Cl4O5. The number of halogens is 8. The third-order valence-corrected chi connectivity index (χ3v) is 9.38. The van der Waals surface area contributed by atoms with E-state index in [1.165, 1.54) is 13.2 Å². The lowest BCUT2D eigenvalue weighted by atomic mass is 9.90. The molecule has 0 unspecified atom stereocenters. The van der Waals surface area contributed by atoms with Crippen LogP contribution >= 0.6 is 110 Å². The van der Waals surface area contributed by atoms with E-state index < -0.39 is 5.97 Å². The van der Waals surface area contributed by atoms with Gasteiger partial charge in [0.15, 0.2) is 11.3 Å². The third-order valence-electron chi connectivity index (χ3n) is 4.93. The zero-order valence-electron chi connectivity index (χ0n) is 16.3. The van der Waals surface area contributed by atoms with Crippen LogP contribution in [-0.2, 0) is 4.74 Å². The zero-order valence-corrected chi connectivity index (χ0v) is 25.6. The van der Waals surface area contributed by atoms with Crippen molar-refractivity contribution in [2.45, 2.75) is 0 Å². The number of fused-ring (bicyclic) bond motifs is 2. The van der Waals surface area contributed by atoms with Crippen LogP contribution in [-0.4, -0.2) is 18.2 Å². The minimum Gasteiger partial charge on any atom is -0.505 e. The first-order chi connectivity index (χ1) is 15.9. The van der Waals surface area contributed by atoms with Crippen LogP contribution < -0.4 is 5.43 Å². The van der Waals surface area contributed by atoms with Crippen LogP contribution in [0.2, 0.25) is 20.1 Å². The Morgan fingerprint density at radius 2 is 1.53 bits per heavy atom. The Morgan fingerprint density at radius 3 is 2.15 bits per heavy atom. The summed E-state index contributed by atoms with van der Waals surface area (Å²) in [6.07, 6.45) is 0. The SMILES string of the molecule is COC(=O)c1c(Cl)c(Cl)c(Cl)c(Cl)c1-c1c2cc(Br)c(=O)c(Br)c-2oc2c(Br)c(O)c(Br)cc12. The van der Waals surface area contributed by atoms with Crippen molar-refractivity contribution in [3.8, 4) is 28.2 Å². The first-order valence-electron chi connectivity index (χ1n) is 8.82. The maximum Gasteiger partial charge on any atom is 0.340 e. The molecule has 2 aliphatic rings. The predicted octanol–water partition coefficient (Wildman–Crippen LogP) is 9.72. The van der Waals surface area contributed by atoms with Crippen molar-refractivity contribution in [1.82, 2.24) is 0 Å². The fraction of sp³-hybridized carbons (Fsp3) is 0.0476. The molecule has 2 aromatic carbocycles. The number of esters is 1. The van der Waals surface area contributed by atoms with Gasteiger partial charge in [-0.15, -0.1) is 0 Å². The largest absolute Gasteiger partial charge is 0.505 e. The van der Waals surface area contributed by atoms with Gasteiger partial charge in [-0.2, -0.15) is 0 Å². The van der Waals surface area contributed by atoms with Crippen molar-refractivity contribution in [1.29, 1.82) is 0 Å². The highest BCUT2D eigenvalue weighted by Crippen LogP contribution is 2.53. The molecule has 0 fully saturated rings. The molecule has 1 N–H and O–H groups in total. The molecule has 1 aliphatic carbocycles. The van der Waals surface area contributed by atoms with E-state index in [-0.39, 0.29) is 67.2 Å². The van der Waals surface area contributed by atoms with Crippen molar-refractivity contribution >= 4 is 127 Å². The van der Waals surface area contributed by atoms with Gasteiger partial charge in [0.1, 0.15) is 14.7 Å². The number of hydrogen-bond donors (Lipinski definition) is 1. The number of ether oxygens (including phenoxy) is 1. The minimum atomic E-state index is -0.821. The standard InChI is InChI=1S/C21H6Br4Cl4O5/c1-33-21(32)10-9(13(26)15(28)16(29)14(10)27)8-4-2-6(22)17(30)11(24)19(4)34-20-5(8)3-7(23)18(31)12(20)25/h2-3,30H,1H3. The molecule has 0 saturated heterocycles. The number of carbonyl (C=O) groups is 1. The number of carbonyl (C=O) groups excluding carboxylic acids is 1. The van der Waals surface area contributed by atoms with Gasteiger partial charge >= 0.3 is 5.97 Å². The van der Waals surface area contributed by atoms with E-state index in [0.717, 1.165) is 0 Å². The second-order valence-electron chi connectivity index (χ2n) is 6.75. The van der Waals surface area contributed by atoms with E-state index in [0.29, 0.717) is 21.0 Å². The van der Waals surface area contributed by atoms with Crippen molar-refractivity contribution in [3.05, 3.63) is 65.9 Å². The number of hydrogen-bond acceptors (Lipinski definition) is 5. The molecule has 0 amide bonds. The molecule has 0 bridgehead atoms. The average molecular weight is 800 g/mol. The van der Waals surface area contributed by atoms with Gasteiger partial charge < -0.3 is 14.3 Å². The summed E-state index contributed by atoms with van der Waals surface area (Å²) in [5, 5.41) is 10.4. The molecule has 34 heavy (non-hydrogen) atoms. The van der Waals surface area contributed by atoms with Crippen molar-refractivity contribution < 1.29 is 19.1 Å². The lowest BCUT2D eigenvalue weighted by Gasteiger charge is -2.22. The molecular weight excluding hydrogens is 794 g/mol. The molecule has 0 aromatic heterocycles. The monoisotopic (exact) mass is 794 g/mol. The summed E-state index contributed by atoms with van der Waals surface area (Å²) in [4.78, 5) is 25.5. The van der Waals surface area contributed by atoms with Gasteiger partial charge in [-0.25, -0.2) is 4.79 Å². The Bertz CT molecular complexity index is 1590. The normalized spacial score (nSPS) is 11.4. The maximum atomic E-state index is 12.9. The van der Waals surface area contributed by atoms with Crippen LogP contribution in [0.4, 0.5) is 0 Å². The summed E-state index contributed by atoms with van der Waals surface area (Å²) in [5.74, 6) is -0.853. The summed E-state index contributed by atoms with van der Waals surface area (Å²) in [5.41, 5.74) is 0.420. The quantitative estimate of drug-likeness (QED) is 0.0947. The van der Waals surface area contributed by atoms with E-state index in [4.69, 9.17) is 55.6 Å². The smallest absolute Gasteiger partial charge is 0.340 e. The predicted molar refractivity (Wildman–Crippen MR) is 148 cm³/mol. The van der Waals surface area contributed by atoms with Crippen molar-refractivity contribution in [2.24, 2.45) is 0 Å². The lowest BCUT2D eigenvalue weighted by Crippen LogP contribution is -2.10. The summed E-state index contributed by atoms with van der Waals surface area (Å²) >= 11 is 38.9. The Balaban J connectivity index is 2.42. The summed E-state index contributed by atoms with van der Waals surface area (Å²) in [6.45, 7) is 0. The van der Waals surface area contributed by atoms with Gasteiger partial charge in [-0.05, 0) is 75.9 Å². The van der Waals surface area contributed by atoms with Crippen LogP contribution in [0.3, 0.4) is 0 Å². The molecule has 5 nitrogen and oxygen atoms in total.